The van der Waals surface area contributed by atoms with Gasteiger partial charge in [-0.25, -0.2) is 4.57 Å². The summed E-state index contributed by atoms with van der Waals surface area (Å²) in [5, 5.41) is 20.0. The molecule has 1 aromatic carbocycles. The molecular formula is C12H9Cl2N5OS. The van der Waals surface area contributed by atoms with E-state index in [0.717, 1.165) is 5.56 Å². The first-order chi connectivity index (χ1) is 10.0. The highest BCUT2D eigenvalue weighted by Gasteiger charge is 2.24. The Labute approximate surface area is 134 Å². The zero-order valence-electron chi connectivity index (χ0n) is 10.6. The molecular weight excluding hydrogens is 333 g/mol. The number of thioether (sulfide) groups is 1. The topological polar surface area (TPSA) is 83.7 Å². The lowest BCUT2D eigenvalue weighted by Crippen LogP contribution is -2.29. The molecule has 0 atom stereocenters. The number of hydrogen-bond acceptors (Lipinski definition) is 5. The minimum absolute atomic E-state index is 0.0142. The van der Waals surface area contributed by atoms with E-state index in [1.54, 1.807) is 12.1 Å². The molecule has 3 rings (SSSR count). The van der Waals surface area contributed by atoms with Gasteiger partial charge >= 0.3 is 0 Å². The molecule has 1 amide bonds. The van der Waals surface area contributed by atoms with E-state index in [0.29, 0.717) is 21.0 Å². The summed E-state index contributed by atoms with van der Waals surface area (Å²) in [7, 11) is 0. The minimum atomic E-state index is -0.253. The first kappa shape index (κ1) is 14.4. The van der Waals surface area contributed by atoms with Crippen LogP contribution < -0.4 is 5.32 Å². The van der Waals surface area contributed by atoms with Crippen molar-refractivity contribution in [3.63, 3.8) is 0 Å². The maximum Gasteiger partial charge on any atom is 0.237 e. The van der Waals surface area contributed by atoms with Crippen LogP contribution in [0.3, 0.4) is 0 Å². The molecule has 6 nitrogen and oxygen atoms in total. The number of carbonyl (C=O) groups excluding carboxylic acids is 1. The van der Waals surface area contributed by atoms with E-state index < -0.39 is 0 Å². The van der Waals surface area contributed by atoms with Crippen LogP contribution in [0.25, 0.3) is 0 Å². The predicted molar refractivity (Wildman–Crippen MR) is 82.4 cm³/mol. The number of carbonyl (C=O) groups is 1. The Hall–Kier alpha value is -1.57. The Bertz CT molecular complexity index is 745. The number of halogens is 2. The van der Waals surface area contributed by atoms with Crippen LogP contribution in [0.15, 0.2) is 23.4 Å². The van der Waals surface area contributed by atoms with Crippen molar-refractivity contribution in [1.29, 1.82) is 5.41 Å². The van der Waals surface area contributed by atoms with E-state index in [1.807, 2.05) is 6.07 Å². The van der Waals surface area contributed by atoms with Crippen LogP contribution in [0.4, 0.5) is 5.95 Å². The van der Waals surface area contributed by atoms with E-state index in [1.165, 1.54) is 16.3 Å². The molecule has 2 N–H and O–H groups in total. The van der Waals surface area contributed by atoms with Gasteiger partial charge in [-0.3, -0.25) is 15.5 Å². The maximum atomic E-state index is 11.3. The summed E-state index contributed by atoms with van der Waals surface area (Å²) < 4.78 is 1.52. The molecule has 0 spiro atoms. The van der Waals surface area contributed by atoms with E-state index in [2.05, 4.69) is 15.5 Å². The molecule has 1 aliphatic heterocycles. The molecule has 0 saturated heterocycles. The number of benzene rings is 1. The Kier molecular flexibility index (Phi) is 3.88. The number of fused-ring (bicyclic) bond motifs is 1. The molecule has 0 bridgehead atoms. The first-order valence-electron chi connectivity index (χ1n) is 5.94. The van der Waals surface area contributed by atoms with Crippen LogP contribution in [0.2, 0.25) is 10.0 Å². The average Bonchev–Trinajstić information content (AvgIpc) is 2.81. The van der Waals surface area contributed by atoms with Crippen molar-refractivity contribution in [1.82, 2.24) is 14.8 Å². The lowest BCUT2D eigenvalue weighted by molar-refractivity contribution is -0.115. The SMILES string of the molecule is N=C1CC(=O)Nc2nnc(SCc3ccc(Cl)cc3Cl)n21. The molecule has 2 heterocycles. The van der Waals surface area contributed by atoms with Crippen molar-refractivity contribution >= 4 is 52.7 Å². The number of amides is 1. The monoisotopic (exact) mass is 341 g/mol. The van der Waals surface area contributed by atoms with Crippen LogP contribution in [0, 0.1) is 5.41 Å². The highest BCUT2D eigenvalue weighted by Crippen LogP contribution is 2.29. The second kappa shape index (κ2) is 5.67. The summed E-state index contributed by atoms with van der Waals surface area (Å²) in [4.78, 5) is 11.3. The molecule has 0 fully saturated rings. The highest BCUT2D eigenvalue weighted by atomic mass is 35.5. The van der Waals surface area contributed by atoms with Gasteiger partial charge in [-0.1, -0.05) is 41.0 Å². The summed E-state index contributed by atoms with van der Waals surface area (Å²) in [5.74, 6) is 0.747. The molecule has 0 saturated carbocycles. The fraction of sp³-hybridized carbons (Fsp3) is 0.167. The fourth-order valence-electron chi connectivity index (χ4n) is 1.87. The smallest absolute Gasteiger partial charge is 0.237 e. The molecule has 21 heavy (non-hydrogen) atoms. The van der Waals surface area contributed by atoms with Gasteiger partial charge in [-0.05, 0) is 17.7 Å². The number of nitrogens with one attached hydrogen (secondary N) is 2. The predicted octanol–water partition coefficient (Wildman–Crippen LogP) is 3.04. The highest BCUT2D eigenvalue weighted by molar-refractivity contribution is 7.98. The lowest BCUT2D eigenvalue weighted by Gasteiger charge is -2.15. The summed E-state index contributed by atoms with van der Waals surface area (Å²) in [6, 6.07) is 5.30. The van der Waals surface area contributed by atoms with Gasteiger partial charge in [0.2, 0.25) is 11.9 Å². The summed E-state index contributed by atoms with van der Waals surface area (Å²) in [6.07, 6.45) is 0.0142. The first-order valence-corrected chi connectivity index (χ1v) is 7.68. The third kappa shape index (κ3) is 2.90. The van der Waals surface area contributed by atoms with Gasteiger partial charge in [0.25, 0.3) is 0 Å². The van der Waals surface area contributed by atoms with E-state index >= 15 is 0 Å². The minimum Gasteiger partial charge on any atom is -0.294 e. The zero-order chi connectivity index (χ0) is 15.0. The molecule has 1 aliphatic rings. The van der Waals surface area contributed by atoms with Crippen LogP contribution in [0.5, 0.6) is 0 Å². The van der Waals surface area contributed by atoms with Crippen molar-refractivity contribution in [2.45, 2.75) is 17.3 Å². The molecule has 108 valence electrons. The summed E-state index contributed by atoms with van der Waals surface area (Å²) in [6.45, 7) is 0. The van der Waals surface area contributed by atoms with Gasteiger partial charge in [0.05, 0.1) is 6.42 Å². The van der Waals surface area contributed by atoms with Crippen molar-refractivity contribution in [3.05, 3.63) is 33.8 Å². The number of rotatable bonds is 3. The Morgan fingerprint density at radius 1 is 1.38 bits per heavy atom. The van der Waals surface area contributed by atoms with Crippen molar-refractivity contribution in [2.75, 3.05) is 5.32 Å². The zero-order valence-corrected chi connectivity index (χ0v) is 12.9. The molecule has 9 heteroatoms. The van der Waals surface area contributed by atoms with Crippen molar-refractivity contribution in [2.24, 2.45) is 0 Å². The summed E-state index contributed by atoms with van der Waals surface area (Å²) in [5.41, 5.74) is 0.912. The quantitative estimate of drug-likeness (QED) is 0.840. The van der Waals surface area contributed by atoms with Crippen LogP contribution in [-0.2, 0) is 10.5 Å². The molecule has 2 aromatic rings. The molecule has 1 aromatic heterocycles. The number of anilines is 1. The Balaban J connectivity index is 1.80. The Morgan fingerprint density at radius 2 is 2.19 bits per heavy atom. The van der Waals surface area contributed by atoms with Crippen LogP contribution in [-0.4, -0.2) is 26.5 Å². The average molecular weight is 342 g/mol. The van der Waals surface area contributed by atoms with Crippen LogP contribution >= 0.6 is 35.0 Å². The van der Waals surface area contributed by atoms with E-state index in [-0.39, 0.29) is 24.1 Å². The largest absolute Gasteiger partial charge is 0.294 e. The number of nitrogens with zero attached hydrogens (tertiary/aromatic N) is 3. The maximum absolute atomic E-state index is 11.3. The van der Waals surface area contributed by atoms with Gasteiger partial charge < -0.3 is 0 Å². The van der Waals surface area contributed by atoms with Gasteiger partial charge in [-0.2, -0.15) is 0 Å². The number of hydrogen-bond donors (Lipinski definition) is 2. The number of aromatic nitrogens is 3. The second-order valence-electron chi connectivity index (χ2n) is 4.34. The fourth-order valence-corrected chi connectivity index (χ4v) is 3.38. The molecule has 0 aliphatic carbocycles. The van der Waals surface area contributed by atoms with Gasteiger partial charge in [0.1, 0.15) is 5.84 Å². The summed E-state index contributed by atoms with van der Waals surface area (Å²) >= 11 is 13.4. The standard InChI is InChI=1S/C12H9Cl2N5OS/c13-7-2-1-6(8(14)3-7)5-21-12-18-17-11-16-10(20)4-9(15)19(11)12/h1-3,15H,4-5H2,(H,16,17,20). The van der Waals surface area contributed by atoms with E-state index in [4.69, 9.17) is 28.6 Å². The third-order valence-electron chi connectivity index (χ3n) is 2.85. The molecule has 0 unspecified atom stereocenters. The van der Waals surface area contributed by atoms with Gasteiger partial charge in [0.15, 0.2) is 5.16 Å². The second-order valence-corrected chi connectivity index (χ2v) is 6.12. The van der Waals surface area contributed by atoms with Crippen molar-refractivity contribution in [3.8, 4) is 0 Å². The third-order valence-corrected chi connectivity index (χ3v) is 4.42. The van der Waals surface area contributed by atoms with Crippen molar-refractivity contribution < 1.29 is 4.79 Å². The van der Waals surface area contributed by atoms with Gasteiger partial charge in [-0.15, -0.1) is 10.2 Å². The molecule has 0 radical (unpaired) electrons. The van der Waals surface area contributed by atoms with E-state index in [9.17, 15) is 4.79 Å². The Morgan fingerprint density at radius 3 is 2.95 bits per heavy atom. The lowest BCUT2D eigenvalue weighted by atomic mass is 10.2. The van der Waals surface area contributed by atoms with Crippen LogP contribution in [0.1, 0.15) is 12.0 Å². The van der Waals surface area contributed by atoms with Gasteiger partial charge in [0, 0.05) is 15.8 Å². The normalized spacial score (nSPS) is 14.0.